The van der Waals surface area contributed by atoms with Crippen molar-refractivity contribution in [3.05, 3.63) is 58.6 Å². The Labute approximate surface area is 124 Å². The van der Waals surface area contributed by atoms with E-state index in [1.54, 1.807) is 14.2 Å². The number of hydrogen-bond acceptors (Lipinski definition) is 3. The molecule has 0 aliphatic heterocycles. The SMILES string of the molecule is COCc1cccc(CNc2cc(Cl)ccc2OC)c1. The highest BCUT2D eigenvalue weighted by Crippen LogP contribution is 2.28. The third kappa shape index (κ3) is 3.89. The van der Waals surface area contributed by atoms with Gasteiger partial charge < -0.3 is 14.8 Å². The molecule has 0 saturated heterocycles. The summed E-state index contributed by atoms with van der Waals surface area (Å²) in [6.45, 7) is 1.32. The van der Waals surface area contributed by atoms with Crippen LogP contribution in [0.3, 0.4) is 0 Å². The Bertz CT molecular complexity index is 572. The van der Waals surface area contributed by atoms with Gasteiger partial charge in [0.25, 0.3) is 0 Å². The standard InChI is InChI=1S/C16H18ClNO2/c1-19-11-13-5-3-4-12(8-13)10-18-15-9-14(17)6-7-16(15)20-2/h3-9,18H,10-11H2,1-2H3. The molecule has 2 aromatic carbocycles. The first-order valence-corrected chi connectivity index (χ1v) is 6.75. The summed E-state index contributed by atoms with van der Waals surface area (Å²) in [5.41, 5.74) is 3.23. The van der Waals surface area contributed by atoms with E-state index in [9.17, 15) is 0 Å². The number of benzene rings is 2. The van der Waals surface area contributed by atoms with Crippen LogP contribution in [0.15, 0.2) is 42.5 Å². The lowest BCUT2D eigenvalue weighted by Gasteiger charge is -2.12. The average molecular weight is 292 g/mol. The van der Waals surface area contributed by atoms with Crippen LogP contribution in [0.25, 0.3) is 0 Å². The van der Waals surface area contributed by atoms with Gasteiger partial charge >= 0.3 is 0 Å². The molecule has 106 valence electrons. The lowest BCUT2D eigenvalue weighted by atomic mass is 10.1. The van der Waals surface area contributed by atoms with Crippen LogP contribution >= 0.6 is 11.6 Å². The van der Waals surface area contributed by atoms with Gasteiger partial charge in [0.1, 0.15) is 5.75 Å². The molecule has 0 aromatic heterocycles. The minimum atomic E-state index is 0.619. The normalized spacial score (nSPS) is 10.3. The van der Waals surface area contributed by atoms with Crippen molar-refractivity contribution < 1.29 is 9.47 Å². The molecular weight excluding hydrogens is 274 g/mol. The Morgan fingerprint density at radius 1 is 1.05 bits per heavy atom. The van der Waals surface area contributed by atoms with Crippen LogP contribution in [0.2, 0.25) is 5.02 Å². The number of ether oxygens (including phenoxy) is 2. The quantitative estimate of drug-likeness (QED) is 0.869. The highest BCUT2D eigenvalue weighted by atomic mass is 35.5. The van der Waals surface area contributed by atoms with Crippen LogP contribution in [0, 0.1) is 0 Å². The van der Waals surface area contributed by atoms with Gasteiger partial charge in [0.05, 0.1) is 19.4 Å². The molecular formula is C16H18ClNO2. The molecule has 2 rings (SSSR count). The molecule has 0 aliphatic rings. The smallest absolute Gasteiger partial charge is 0.142 e. The van der Waals surface area contributed by atoms with E-state index in [0.717, 1.165) is 17.0 Å². The van der Waals surface area contributed by atoms with Crippen LogP contribution < -0.4 is 10.1 Å². The summed E-state index contributed by atoms with van der Waals surface area (Å²) in [6.07, 6.45) is 0. The third-order valence-electron chi connectivity index (χ3n) is 2.95. The fourth-order valence-electron chi connectivity index (χ4n) is 2.01. The maximum absolute atomic E-state index is 6.01. The number of anilines is 1. The molecule has 0 heterocycles. The van der Waals surface area contributed by atoms with Crippen LogP contribution in [0.1, 0.15) is 11.1 Å². The highest BCUT2D eigenvalue weighted by Gasteiger charge is 2.04. The summed E-state index contributed by atoms with van der Waals surface area (Å²) in [7, 11) is 3.34. The molecule has 3 nitrogen and oxygen atoms in total. The molecule has 0 saturated carbocycles. The number of nitrogens with one attached hydrogen (secondary N) is 1. The van der Waals surface area contributed by atoms with E-state index in [1.165, 1.54) is 5.56 Å². The first-order chi connectivity index (χ1) is 9.72. The lowest BCUT2D eigenvalue weighted by molar-refractivity contribution is 0.185. The van der Waals surface area contributed by atoms with Crippen LogP contribution in [0.4, 0.5) is 5.69 Å². The van der Waals surface area contributed by atoms with Gasteiger partial charge in [-0.15, -0.1) is 0 Å². The lowest BCUT2D eigenvalue weighted by Crippen LogP contribution is -2.02. The molecule has 0 spiro atoms. The number of rotatable bonds is 6. The predicted molar refractivity (Wildman–Crippen MR) is 82.5 cm³/mol. The summed E-state index contributed by atoms with van der Waals surface area (Å²) in [4.78, 5) is 0. The Morgan fingerprint density at radius 3 is 2.60 bits per heavy atom. The Balaban J connectivity index is 2.08. The summed E-state index contributed by atoms with van der Waals surface area (Å²) in [6, 6.07) is 13.8. The largest absolute Gasteiger partial charge is 0.495 e. The fourth-order valence-corrected chi connectivity index (χ4v) is 2.18. The van der Waals surface area contributed by atoms with E-state index in [0.29, 0.717) is 18.2 Å². The monoisotopic (exact) mass is 291 g/mol. The van der Waals surface area contributed by atoms with Crippen LogP contribution in [-0.4, -0.2) is 14.2 Å². The minimum absolute atomic E-state index is 0.619. The van der Waals surface area contributed by atoms with E-state index in [1.807, 2.05) is 30.3 Å². The van der Waals surface area contributed by atoms with E-state index in [2.05, 4.69) is 17.4 Å². The average Bonchev–Trinajstić information content (AvgIpc) is 2.46. The fraction of sp³-hybridized carbons (Fsp3) is 0.250. The van der Waals surface area contributed by atoms with Crippen molar-refractivity contribution in [3.63, 3.8) is 0 Å². The molecule has 0 fully saturated rings. The maximum atomic E-state index is 6.01. The first kappa shape index (κ1) is 14.7. The number of halogens is 1. The Hall–Kier alpha value is -1.71. The van der Waals surface area contributed by atoms with Crippen LogP contribution in [0.5, 0.6) is 5.75 Å². The van der Waals surface area contributed by atoms with Crippen molar-refractivity contribution in [2.24, 2.45) is 0 Å². The summed E-state index contributed by atoms with van der Waals surface area (Å²) < 4.78 is 10.4. The van der Waals surface area contributed by atoms with Gasteiger partial charge in [0.15, 0.2) is 0 Å². The van der Waals surface area contributed by atoms with Gasteiger partial charge in [-0.25, -0.2) is 0 Å². The molecule has 0 radical (unpaired) electrons. The molecule has 0 atom stereocenters. The number of methoxy groups -OCH3 is 2. The first-order valence-electron chi connectivity index (χ1n) is 6.37. The van der Waals surface area contributed by atoms with E-state index < -0.39 is 0 Å². The van der Waals surface area contributed by atoms with Crippen molar-refractivity contribution >= 4 is 17.3 Å². The molecule has 4 heteroatoms. The highest BCUT2D eigenvalue weighted by molar-refractivity contribution is 6.30. The van der Waals surface area contributed by atoms with E-state index in [4.69, 9.17) is 21.1 Å². The van der Waals surface area contributed by atoms with Crippen molar-refractivity contribution in [2.75, 3.05) is 19.5 Å². The Kier molecular flexibility index (Phi) is 5.27. The van der Waals surface area contributed by atoms with E-state index in [-0.39, 0.29) is 0 Å². The summed E-state index contributed by atoms with van der Waals surface area (Å²) >= 11 is 6.01. The van der Waals surface area contributed by atoms with Gasteiger partial charge in [-0.3, -0.25) is 0 Å². The van der Waals surface area contributed by atoms with Crippen molar-refractivity contribution in [2.45, 2.75) is 13.2 Å². The van der Waals surface area contributed by atoms with Gasteiger partial charge in [-0.05, 0) is 29.3 Å². The Morgan fingerprint density at radius 2 is 1.85 bits per heavy atom. The van der Waals surface area contributed by atoms with Crippen molar-refractivity contribution in [1.29, 1.82) is 0 Å². The second kappa shape index (κ2) is 7.17. The zero-order chi connectivity index (χ0) is 14.4. The molecule has 0 aliphatic carbocycles. The molecule has 0 unspecified atom stereocenters. The van der Waals surface area contributed by atoms with Gasteiger partial charge in [-0.2, -0.15) is 0 Å². The predicted octanol–water partition coefficient (Wildman–Crippen LogP) is 4.11. The maximum Gasteiger partial charge on any atom is 0.142 e. The zero-order valence-electron chi connectivity index (χ0n) is 11.7. The summed E-state index contributed by atoms with van der Waals surface area (Å²) in [5.74, 6) is 0.780. The van der Waals surface area contributed by atoms with Crippen molar-refractivity contribution in [1.82, 2.24) is 0 Å². The van der Waals surface area contributed by atoms with E-state index >= 15 is 0 Å². The zero-order valence-corrected chi connectivity index (χ0v) is 12.4. The second-order valence-electron chi connectivity index (χ2n) is 4.45. The topological polar surface area (TPSA) is 30.5 Å². The third-order valence-corrected chi connectivity index (χ3v) is 3.18. The molecule has 20 heavy (non-hydrogen) atoms. The number of hydrogen-bond donors (Lipinski definition) is 1. The van der Waals surface area contributed by atoms with Crippen molar-refractivity contribution in [3.8, 4) is 5.75 Å². The van der Waals surface area contributed by atoms with Gasteiger partial charge in [0, 0.05) is 18.7 Å². The summed E-state index contributed by atoms with van der Waals surface area (Å²) in [5, 5.41) is 4.02. The molecule has 0 bridgehead atoms. The minimum Gasteiger partial charge on any atom is -0.495 e. The second-order valence-corrected chi connectivity index (χ2v) is 4.89. The van der Waals surface area contributed by atoms with Gasteiger partial charge in [-0.1, -0.05) is 35.9 Å². The molecule has 0 amide bonds. The van der Waals surface area contributed by atoms with Gasteiger partial charge in [0.2, 0.25) is 0 Å². The molecule has 1 N–H and O–H groups in total. The van der Waals surface area contributed by atoms with Crippen LogP contribution in [-0.2, 0) is 17.9 Å². The molecule has 2 aromatic rings.